The Morgan fingerprint density at radius 2 is 2.24 bits per heavy atom. The highest BCUT2D eigenvalue weighted by Gasteiger charge is 2.20. The molecule has 1 aromatic rings. The summed E-state index contributed by atoms with van der Waals surface area (Å²) in [6.07, 6.45) is 11.9. The van der Waals surface area contributed by atoms with Crippen LogP contribution in [-0.2, 0) is 6.54 Å². The van der Waals surface area contributed by atoms with E-state index in [9.17, 15) is 0 Å². The van der Waals surface area contributed by atoms with Crippen LogP contribution in [0.5, 0.6) is 0 Å². The van der Waals surface area contributed by atoms with Crippen molar-refractivity contribution in [3.63, 3.8) is 0 Å². The first-order valence-electron chi connectivity index (χ1n) is 6.36. The number of nitrogens with one attached hydrogen (secondary N) is 1. The van der Waals surface area contributed by atoms with Gasteiger partial charge in [0.05, 0.1) is 11.9 Å². The van der Waals surface area contributed by atoms with E-state index in [0.717, 1.165) is 43.6 Å². The maximum absolute atomic E-state index is 4.66. The van der Waals surface area contributed by atoms with Crippen LogP contribution in [0.1, 0.15) is 25.0 Å². The molecule has 1 aromatic heterocycles. The molecule has 0 radical (unpaired) electrons. The molecule has 1 aliphatic heterocycles. The first kappa shape index (κ1) is 10.7. The zero-order chi connectivity index (χ0) is 11.5. The molecule has 1 saturated carbocycles. The van der Waals surface area contributed by atoms with Gasteiger partial charge in [-0.25, -0.2) is 4.98 Å². The largest absolute Gasteiger partial charge is 0.351 e. The Morgan fingerprint density at radius 1 is 1.29 bits per heavy atom. The molecule has 4 nitrogen and oxygen atoms in total. The number of hydrogen-bond donors (Lipinski definition) is 1. The molecule has 0 amide bonds. The van der Waals surface area contributed by atoms with E-state index in [-0.39, 0.29) is 0 Å². The van der Waals surface area contributed by atoms with Crippen LogP contribution in [0.15, 0.2) is 24.5 Å². The van der Waals surface area contributed by atoms with Gasteiger partial charge in [0.15, 0.2) is 0 Å². The maximum Gasteiger partial charge on any atom is 0.147 e. The van der Waals surface area contributed by atoms with Gasteiger partial charge in [-0.1, -0.05) is 12.2 Å². The molecule has 2 heterocycles. The quantitative estimate of drug-likeness (QED) is 0.796. The predicted octanol–water partition coefficient (Wildman–Crippen LogP) is 1.49. The topological polar surface area (TPSA) is 41.1 Å². The lowest BCUT2D eigenvalue weighted by atomic mass is 10.2. The van der Waals surface area contributed by atoms with E-state index < -0.39 is 0 Å². The van der Waals surface area contributed by atoms with E-state index >= 15 is 0 Å². The summed E-state index contributed by atoms with van der Waals surface area (Å²) in [6, 6.07) is 0.721. The Bertz CT molecular complexity index is 412. The average molecular weight is 230 g/mol. The summed E-state index contributed by atoms with van der Waals surface area (Å²) in [5, 5.41) is 3.47. The third-order valence-electron chi connectivity index (χ3n) is 3.20. The number of rotatable bonds is 4. The van der Waals surface area contributed by atoms with Gasteiger partial charge in [0, 0.05) is 31.9 Å². The van der Waals surface area contributed by atoms with Gasteiger partial charge in [-0.15, -0.1) is 0 Å². The molecular formula is C13H18N4. The lowest BCUT2D eigenvalue weighted by Crippen LogP contribution is -2.28. The van der Waals surface area contributed by atoms with Crippen molar-refractivity contribution in [3.05, 3.63) is 30.2 Å². The maximum atomic E-state index is 4.66. The smallest absolute Gasteiger partial charge is 0.147 e. The lowest BCUT2D eigenvalue weighted by molar-refractivity contribution is 0.669. The third kappa shape index (κ3) is 2.82. The number of anilines is 1. The zero-order valence-electron chi connectivity index (χ0n) is 9.97. The Balaban J connectivity index is 1.66. The van der Waals surface area contributed by atoms with Gasteiger partial charge in [0.2, 0.25) is 0 Å². The Hall–Kier alpha value is -1.42. The standard InChI is InChI=1S/C13H18N4/c1-2-6-17(7-3-1)13-10-14-8-12(16-13)9-15-11-4-5-11/h1-2,8,10-11,15H,3-7,9H2. The molecule has 0 atom stereocenters. The molecule has 3 rings (SSSR count). The second-order valence-corrected chi connectivity index (χ2v) is 4.73. The summed E-state index contributed by atoms with van der Waals surface area (Å²) in [5.74, 6) is 1.00. The Morgan fingerprint density at radius 3 is 3.00 bits per heavy atom. The van der Waals surface area contributed by atoms with Crippen molar-refractivity contribution in [1.29, 1.82) is 0 Å². The number of nitrogens with zero attached hydrogens (tertiary/aromatic N) is 3. The molecule has 0 aromatic carbocycles. The van der Waals surface area contributed by atoms with Gasteiger partial charge in [-0.2, -0.15) is 0 Å². The van der Waals surface area contributed by atoms with Gasteiger partial charge in [0.1, 0.15) is 5.82 Å². The SMILES string of the molecule is C1=CCN(c2cncc(CNC3CC3)n2)CC1. The van der Waals surface area contributed by atoms with Gasteiger partial charge < -0.3 is 10.2 Å². The van der Waals surface area contributed by atoms with Crippen LogP contribution in [-0.4, -0.2) is 29.1 Å². The first-order chi connectivity index (χ1) is 8.42. The highest BCUT2D eigenvalue weighted by Crippen LogP contribution is 2.19. The molecule has 90 valence electrons. The molecule has 0 unspecified atom stereocenters. The van der Waals surface area contributed by atoms with E-state index in [0.29, 0.717) is 0 Å². The second kappa shape index (κ2) is 4.84. The highest BCUT2D eigenvalue weighted by molar-refractivity contribution is 5.38. The molecule has 17 heavy (non-hydrogen) atoms. The zero-order valence-corrected chi connectivity index (χ0v) is 9.97. The van der Waals surface area contributed by atoms with Crippen LogP contribution in [0.4, 0.5) is 5.82 Å². The van der Waals surface area contributed by atoms with Crippen molar-refractivity contribution >= 4 is 5.82 Å². The lowest BCUT2D eigenvalue weighted by Gasteiger charge is -2.24. The second-order valence-electron chi connectivity index (χ2n) is 4.73. The van der Waals surface area contributed by atoms with Crippen LogP contribution in [0.25, 0.3) is 0 Å². The normalized spacial score (nSPS) is 19.6. The Labute approximate surface area is 102 Å². The molecule has 1 fully saturated rings. The molecule has 0 spiro atoms. The minimum atomic E-state index is 0.721. The summed E-state index contributed by atoms with van der Waals surface area (Å²) in [5.41, 5.74) is 1.05. The van der Waals surface area contributed by atoms with E-state index in [2.05, 4.69) is 32.3 Å². The van der Waals surface area contributed by atoms with E-state index in [1.54, 1.807) is 0 Å². The van der Waals surface area contributed by atoms with Crippen molar-refractivity contribution in [2.24, 2.45) is 0 Å². The van der Waals surface area contributed by atoms with Gasteiger partial charge >= 0.3 is 0 Å². The summed E-state index contributed by atoms with van der Waals surface area (Å²) < 4.78 is 0. The van der Waals surface area contributed by atoms with Crippen LogP contribution < -0.4 is 10.2 Å². The third-order valence-corrected chi connectivity index (χ3v) is 3.20. The highest BCUT2D eigenvalue weighted by atomic mass is 15.2. The molecular weight excluding hydrogens is 212 g/mol. The minimum absolute atomic E-state index is 0.721. The van der Waals surface area contributed by atoms with Gasteiger partial charge in [0.25, 0.3) is 0 Å². The van der Waals surface area contributed by atoms with E-state index in [1.807, 2.05) is 12.4 Å². The van der Waals surface area contributed by atoms with Crippen LogP contribution in [0.3, 0.4) is 0 Å². The minimum Gasteiger partial charge on any atom is -0.351 e. The summed E-state index contributed by atoms with van der Waals surface area (Å²) >= 11 is 0. The van der Waals surface area contributed by atoms with Crippen LogP contribution in [0.2, 0.25) is 0 Å². The van der Waals surface area contributed by atoms with Crippen LogP contribution in [0, 0.1) is 0 Å². The number of aromatic nitrogens is 2. The van der Waals surface area contributed by atoms with Gasteiger partial charge in [-0.05, 0) is 19.3 Å². The Kier molecular flexibility index (Phi) is 3.05. The molecule has 4 heteroatoms. The fourth-order valence-corrected chi connectivity index (χ4v) is 2.02. The fourth-order valence-electron chi connectivity index (χ4n) is 2.02. The van der Waals surface area contributed by atoms with Crippen molar-refractivity contribution in [2.45, 2.75) is 31.8 Å². The molecule has 1 aliphatic carbocycles. The van der Waals surface area contributed by atoms with Crippen LogP contribution >= 0.6 is 0 Å². The molecule has 2 aliphatic rings. The van der Waals surface area contributed by atoms with E-state index in [1.165, 1.54) is 12.8 Å². The van der Waals surface area contributed by atoms with Gasteiger partial charge in [-0.3, -0.25) is 4.98 Å². The fraction of sp³-hybridized carbons (Fsp3) is 0.538. The summed E-state index contributed by atoms with van der Waals surface area (Å²) in [6.45, 7) is 2.84. The monoisotopic (exact) mass is 230 g/mol. The summed E-state index contributed by atoms with van der Waals surface area (Å²) in [7, 11) is 0. The van der Waals surface area contributed by atoms with Crippen molar-refractivity contribution < 1.29 is 0 Å². The average Bonchev–Trinajstić information content (AvgIpc) is 3.22. The first-order valence-corrected chi connectivity index (χ1v) is 6.36. The number of hydrogen-bond acceptors (Lipinski definition) is 4. The van der Waals surface area contributed by atoms with Crippen molar-refractivity contribution in [3.8, 4) is 0 Å². The van der Waals surface area contributed by atoms with Crippen molar-refractivity contribution in [2.75, 3.05) is 18.0 Å². The summed E-state index contributed by atoms with van der Waals surface area (Å²) in [4.78, 5) is 11.2. The molecule has 1 N–H and O–H groups in total. The molecule has 0 saturated heterocycles. The van der Waals surface area contributed by atoms with E-state index in [4.69, 9.17) is 0 Å². The van der Waals surface area contributed by atoms with Crippen molar-refractivity contribution in [1.82, 2.24) is 15.3 Å². The molecule has 0 bridgehead atoms. The predicted molar refractivity (Wildman–Crippen MR) is 67.9 cm³/mol.